The van der Waals surface area contributed by atoms with Crippen molar-refractivity contribution < 1.29 is 9.90 Å². The molecule has 0 atom stereocenters. The minimum absolute atomic E-state index is 0.0949. The number of carbonyl (C=O) groups excluding carboxylic acids is 1. The first-order valence-electron chi connectivity index (χ1n) is 9.10. The Hall–Kier alpha value is -2.86. The van der Waals surface area contributed by atoms with Crippen LogP contribution in [0.4, 0.5) is 5.82 Å². The number of aliphatic hydroxyl groups is 1. The number of aryl methyl sites for hydroxylation is 4. The molecule has 0 fully saturated rings. The molecule has 0 spiro atoms. The van der Waals surface area contributed by atoms with E-state index in [1.165, 1.54) is 16.7 Å². The van der Waals surface area contributed by atoms with Crippen molar-refractivity contribution in [3.05, 3.63) is 64.0 Å². The highest BCUT2D eigenvalue weighted by atomic mass is 16.3. The molecule has 2 heterocycles. The van der Waals surface area contributed by atoms with Crippen LogP contribution in [0, 0.1) is 27.7 Å². The van der Waals surface area contributed by atoms with Gasteiger partial charge in [-0.05, 0) is 56.5 Å². The molecule has 0 saturated carbocycles. The highest BCUT2D eigenvalue weighted by Gasteiger charge is 2.18. The molecule has 0 bridgehead atoms. The molecule has 6 heteroatoms. The number of aromatic nitrogens is 2. The Labute approximate surface area is 159 Å². The minimum Gasteiger partial charge on any atom is -0.395 e. The van der Waals surface area contributed by atoms with E-state index in [9.17, 15) is 4.79 Å². The molecule has 1 amide bonds. The van der Waals surface area contributed by atoms with Gasteiger partial charge >= 0.3 is 0 Å². The van der Waals surface area contributed by atoms with Gasteiger partial charge in [0.05, 0.1) is 17.9 Å². The van der Waals surface area contributed by atoms with Crippen molar-refractivity contribution >= 4 is 17.4 Å². The van der Waals surface area contributed by atoms with E-state index in [0.717, 1.165) is 17.0 Å². The number of hydrogen-bond acceptors (Lipinski definition) is 4. The molecule has 0 saturated heterocycles. The molecule has 0 aliphatic heterocycles. The van der Waals surface area contributed by atoms with Gasteiger partial charge in [0.25, 0.3) is 5.91 Å². The molecule has 3 rings (SSSR count). The summed E-state index contributed by atoms with van der Waals surface area (Å²) in [5, 5.41) is 15.2. The number of amides is 1. The second kappa shape index (κ2) is 7.80. The zero-order valence-electron chi connectivity index (χ0n) is 16.3. The third kappa shape index (κ3) is 3.66. The van der Waals surface area contributed by atoms with Crippen molar-refractivity contribution in [3.8, 4) is 0 Å². The Bertz CT molecular complexity index is 971. The molecule has 0 aliphatic rings. The van der Waals surface area contributed by atoms with E-state index in [0.29, 0.717) is 17.9 Å². The maximum Gasteiger partial charge on any atom is 0.255 e. The molecule has 3 aromatic rings. The van der Waals surface area contributed by atoms with Crippen LogP contribution in [0.15, 0.2) is 30.3 Å². The van der Waals surface area contributed by atoms with Gasteiger partial charge in [-0.3, -0.25) is 9.20 Å². The first-order valence-corrected chi connectivity index (χ1v) is 9.10. The van der Waals surface area contributed by atoms with Crippen LogP contribution in [-0.2, 0) is 6.54 Å². The van der Waals surface area contributed by atoms with Gasteiger partial charge in [0.15, 0.2) is 0 Å². The van der Waals surface area contributed by atoms with Crippen molar-refractivity contribution in [2.45, 2.75) is 34.2 Å². The summed E-state index contributed by atoms with van der Waals surface area (Å²) in [4.78, 5) is 17.2. The number of imidazole rings is 1. The molecule has 27 heavy (non-hydrogen) atoms. The lowest BCUT2D eigenvalue weighted by Crippen LogP contribution is -2.28. The molecular weight excluding hydrogens is 340 g/mol. The summed E-state index contributed by atoms with van der Waals surface area (Å²) in [5.41, 5.74) is 6.88. The molecule has 3 N–H and O–H groups in total. The second-order valence-electron chi connectivity index (χ2n) is 6.78. The smallest absolute Gasteiger partial charge is 0.255 e. The van der Waals surface area contributed by atoms with Crippen molar-refractivity contribution in [3.63, 3.8) is 0 Å². The summed E-state index contributed by atoms with van der Waals surface area (Å²) in [6.07, 6.45) is 0. The van der Waals surface area contributed by atoms with Crippen LogP contribution in [-0.4, -0.2) is 33.6 Å². The van der Waals surface area contributed by atoms with Gasteiger partial charge in [0, 0.05) is 18.8 Å². The fourth-order valence-corrected chi connectivity index (χ4v) is 3.31. The SMILES string of the molecule is Cc1cccc(C)c1CNc1c(C(=O)NCCO)ccc2nc(C)c(C)n12. The number of carbonyl (C=O) groups is 1. The van der Waals surface area contributed by atoms with Gasteiger partial charge in [0.1, 0.15) is 11.5 Å². The van der Waals surface area contributed by atoms with Crippen LogP contribution in [0.1, 0.15) is 38.4 Å². The average molecular weight is 366 g/mol. The third-order valence-electron chi connectivity index (χ3n) is 4.97. The van der Waals surface area contributed by atoms with E-state index in [1.807, 2.05) is 30.4 Å². The number of anilines is 1. The van der Waals surface area contributed by atoms with Crippen LogP contribution >= 0.6 is 0 Å². The molecule has 142 valence electrons. The zero-order valence-corrected chi connectivity index (χ0v) is 16.3. The number of aliphatic hydroxyl groups excluding tert-OH is 1. The largest absolute Gasteiger partial charge is 0.395 e. The van der Waals surface area contributed by atoms with Gasteiger partial charge in [-0.1, -0.05) is 18.2 Å². The monoisotopic (exact) mass is 366 g/mol. The third-order valence-corrected chi connectivity index (χ3v) is 4.97. The van der Waals surface area contributed by atoms with E-state index < -0.39 is 0 Å². The highest BCUT2D eigenvalue weighted by Crippen LogP contribution is 2.24. The maximum atomic E-state index is 12.6. The van der Waals surface area contributed by atoms with Crippen molar-refractivity contribution in [1.82, 2.24) is 14.7 Å². The van der Waals surface area contributed by atoms with Gasteiger partial charge in [-0.2, -0.15) is 0 Å². The molecule has 0 unspecified atom stereocenters. The first-order chi connectivity index (χ1) is 12.9. The van der Waals surface area contributed by atoms with Crippen LogP contribution in [0.25, 0.3) is 5.65 Å². The van der Waals surface area contributed by atoms with Crippen LogP contribution in [0.2, 0.25) is 0 Å². The molecular formula is C21H26N4O2. The van der Waals surface area contributed by atoms with Crippen molar-refractivity contribution in [2.24, 2.45) is 0 Å². The number of fused-ring (bicyclic) bond motifs is 1. The lowest BCUT2D eigenvalue weighted by molar-refractivity contribution is 0.0945. The summed E-state index contributed by atoms with van der Waals surface area (Å²) in [5.74, 6) is 0.490. The Balaban J connectivity index is 2.06. The minimum atomic E-state index is -0.222. The molecule has 1 aromatic carbocycles. The summed E-state index contributed by atoms with van der Waals surface area (Å²) < 4.78 is 1.98. The summed E-state index contributed by atoms with van der Waals surface area (Å²) in [7, 11) is 0. The lowest BCUT2D eigenvalue weighted by atomic mass is 10.0. The van der Waals surface area contributed by atoms with E-state index in [1.54, 1.807) is 6.07 Å². The first kappa shape index (κ1) is 18.9. The maximum absolute atomic E-state index is 12.6. The molecule has 6 nitrogen and oxygen atoms in total. The van der Waals surface area contributed by atoms with Crippen LogP contribution < -0.4 is 10.6 Å². The Morgan fingerprint density at radius 2 is 1.81 bits per heavy atom. The number of benzene rings is 1. The van der Waals surface area contributed by atoms with Crippen molar-refractivity contribution in [2.75, 3.05) is 18.5 Å². The normalized spacial score (nSPS) is 11.0. The molecule has 0 aliphatic carbocycles. The summed E-state index contributed by atoms with van der Waals surface area (Å²) in [6.45, 7) is 8.86. The zero-order chi connectivity index (χ0) is 19.6. The van der Waals surface area contributed by atoms with Crippen LogP contribution in [0.5, 0.6) is 0 Å². The van der Waals surface area contributed by atoms with E-state index in [-0.39, 0.29) is 19.1 Å². The molecule has 2 aromatic heterocycles. The van der Waals surface area contributed by atoms with E-state index >= 15 is 0 Å². The Kier molecular flexibility index (Phi) is 5.46. The van der Waals surface area contributed by atoms with Gasteiger partial charge in [-0.15, -0.1) is 0 Å². The van der Waals surface area contributed by atoms with Gasteiger partial charge in [-0.25, -0.2) is 4.98 Å². The predicted octanol–water partition coefficient (Wildman–Crippen LogP) is 2.90. The Morgan fingerprint density at radius 3 is 2.48 bits per heavy atom. The lowest BCUT2D eigenvalue weighted by Gasteiger charge is -2.17. The fourth-order valence-electron chi connectivity index (χ4n) is 3.31. The highest BCUT2D eigenvalue weighted by molar-refractivity contribution is 5.99. The number of rotatable bonds is 6. The Morgan fingerprint density at radius 1 is 1.11 bits per heavy atom. The fraction of sp³-hybridized carbons (Fsp3) is 0.333. The number of nitrogens with zero attached hydrogens (tertiary/aromatic N) is 2. The van der Waals surface area contributed by atoms with Gasteiger partial charge in [0.2, 0.25) is 0 Å². The second-order valence-corrected chi connectivity index (χ2v) is 6.78. The van der Waals surface area contributed by atoms with E-state index in [2.05, 4.69) is 41.6 Å². The quantitative estimate of drug-likeness (QED) is 0.627. The summed E-state index contributed by atoms with van der Waals surface area (Å²) in [6, 6.07) is 9.85. The van der Waals surface area contributed by atoms with Crippen LogP contribution in [0.3, 0.4) is 0 Å². The number of hydrogen-bond donors (Lipinski definition) is 3. The van der Waals surface area contributed by atoms with Crippen molar-refractivity contribution in [1.29, 1.82) is 0 Å². The average Bonchev–Trinajstić information content (AvgIpc) is 2.93. The summed E-state index contributed by atoms with van der Waals surface area (Å²) >= 11 is 0. The predicted molar refractivity (Wildman–Crippen MR) is 107 cm³/mol. The number of pyridine rings is 1. The van der Waals surface area contributed by atoms with E-state index in [4.69, 9.17) is 5.11 Å². The van der Waals surface area contributed by atoms with Gasteiger partial charge < -0.3 is 15.7 Å². The standard InChI is InChI=1S/C21H26N4O2/c1-13-6-5-7-14(2)18(13)12-23-20-17(21(27)22-10-11-26)8-9-19-24-15(3)16(4)25(19)20/h5-9,23,26H,10-12H2,1-4H3,(H,22,27). The molecule has 0 radical (unpaired) electrons. The number of nitrogens with one attached hydrogen (secondary N) is 2. The topological polar surface area (TPSA) is 78.7 Å².